The molecular weight excluding hydrogens is 182 g/mol. The molecule has 1 rings (SSSR count). The highest BCUT2D eigenvalue weighted by Crippen LogP contribution is 2.01. The molecule has 1 aliphatic heterocycles. The largest absolute Gasteiger partial charge is 0.449 e. The Bertz CT molecular complexity index is 188. The molecule has 0 saturated carbocycles. The quantitative estimate of drug-likeness (QED) is 0.507. The standard InChI is InChI=1S/C10H17NO3/c1-2-3-4-7-14-10(12)11-5-8-13-9-6-11/h2H,1,3-9H2. The highest BCUT2D eigenvalue weighted by Gasteiger charge is 2.17. The summed E-state index contributed by atoms with van der Waals surface area (Å²) in [6.45, 7) is 6.58. The number of amides is 1. The summed E-state index contributed by atoms with van der Waals surface area (Å²) in [4.78, 5) is 13.1. The van der Waals surface area contributed by atoms with Gasteiger partial charge in [0, 0.05) is 13.1 Å². The van der Waals surface area contributed by atoms with Crippen LogP contribution < -0.4 is 0 Å². The molecule has 4 heteroatoms. The number of ether oxygens (including phenoxy) is 2. The van der Waals surface area contributed by atoms with E-state index < -0.39 is 0 Å². The number of hydrogen-bond acceptors (Lipinski definition) is 3. The summed E-state index contributed by atoms with van der Waals surface area (Å²) in [5.74, 6) is 0. The van der Waals surface area contributed by atoms with Gasteiger partial charge in [-0.3, -0.25) is 0 Å². The average molecular weight is 199 g/mol. The van der Waals surface area contributed by atoms with Gasteiger partial charge in [0.1, 0.15) is 0 Å². The zero-order valence-corrected chi connectivity index (χ0v) is 8.41. The molecule has 0 aromatic carbocycles. The van der Waals surface area contributed by atoms with E-state index in [-0.39, 0.29) is 6.09 Å². The van der Waals surface area contributed by atoms with Gasteiger partial charge in [0.25, 0.3) is 0 Å². The summed E-state index contributed by atoms with van der Waals surface area (Å²) in [5.41, 5.74) is 0. The van der Waals surface area contributed by atoms with Gasteiger partial charge in [-0.15, -0.1) is 6.58 Å². The van der Waals surface area contributed by atoms with Crippen molar-refractivity contribution in [1.82, 2.24) is 4.90 Å². The topological polar surface area (TPSA) is 38.8 Å². The molecule has 0 aromatic rings. The van der Waals surface area contributed by atoms with E-state index in [2.05, 4.69) is 6.58 Å². The van der Waals surface area contributed by atoms with Crippen LogP contribution in [0.1, 0.15) is 12.8 Å². The molecule has 0 atom stereocenters. The number of unbranched alkanes of at least 4 members (excludes halogenated alkanes) is 1. The predicted octanol–water partition coefficient (Wildman–Crippen LogP) is 1.42. The van der Waals surface area contributed by atoms with Crippen molar-refractivity contribution >= 4 is 6.09 Å². The molecule has 4 nitrogen and oxygen atoms in total. The summed E-state index contributed by atoms with van der Waals surface area (Å²) >= 11 is 0. The minimum absolute atomic E-state index is 0.225. The van der Waals surface area contributed by atoms with Gasteiger partial charge >= 0.3 is 6.09 Å². The summed E-state index contributed by atoms with van der Waals surface area (Å²) in [5, 5.41) is 0. The van der Waals surface area contributed by atoms with Gasteiger partial charge in [-0.05, 0) is 12.8 Å². The van der Waals surface area contributed by atoms with Crippen LogP contribution >= 0.6 is 0 Å². The molecule has 0 radical (unpaired) electrons. The van der Waals surface area contributed by atoms with E-state index in [0.29, 0.717) is 32.9 Å². The van der Waals surface area contributed by atoms with Crippen LogP contribution in [0, 0.1) is 0 Å². The van der Waals surface area contributed by atoms with E-state index in [9.17, 15) is 4.79 Å². The fraction of sp³-hybridized carbons (Fsp3) is 0.700. The fourth-order valence-corrected chi connectivity index (χ4v) is 1.22. The Labute approximate surface area is 84.5 Å². The molecule has 0 unspecified atom stereocenters. The molecule has 1 saturated heterocycles. The lowest BCUT2D eigenvalue weighted by atomic mass is 10.3. The molecular formula is C10H17NO3. The third-order valence-electron chi connectivity index (χ3n) is 2.05. The van der Waals surface area contributed by atoms with Crippen LogP contribution in [0.4, 0.5) is 4.79 Å². The number of rotatable bonds is 4. The van der Waals surface area contributed by atoms with Crippen LogP contribution in [0.2, 0.25) is 0 Å². The predicted molar refractivity (Wildman–Crippen MR) is 53.2 cm³/mol. The minimum Gasteiger partial charge on any atom is -0.449 e. The smallest absolute Gasteiger partial charge is 0.409 e. The second-order valence-corrected chi connectivity index (χ2v) is 3.14. The Morgan fingerprint density at radius 1 is 1.50 bits per heavy atom. The fourth-order valence-electron chi connectivity index (χ4n) is 1.22. The first-order chi connectivity index (χ1) is 6.84. The van der Waals surface area contributed by atoms with Gasteiger partial charge in [-0.1, -0.05) is 6.08 Å². The zero-order valence-electron chi connectivity index (χ0n) is 8.41. The van der Waals surface area contributed by atoms with Crippen LogP contribution in [-0.4, -0.2) is 43.9 Å². The maximum Gasteiger partial charge on any atom is 0.409 e. The highest BCUT2D eigenvalue weighted by atomic mass is 16.6. The maximum absolute atomic E-state index is 11.4. The van der Waals surface area contributed by atoms with Crippen molar-refractivity contribution in [2.24, 2.45) is 0 Å². The molecule has 0 aliphatic carbocycles. The third-order valence-corrected chi connectivity index (χ3v) is 2.05. The molecule has 1 heterocycles. The number of morpholine rings is 1. The monoisotopic (exact) mass is 199 g/mol. The number of allylic oxidation sites excluding steroid dienone is 1. The van der Waals surface area contributed by atoms with Crippen molar-refractivity contribution in [2.45, 2.75) is 12.8 Å². The summed E-state index contributed by atoms with van der Waals surface area (Å²) < 4.78 is 10.2. The summed E-state index contributed by atoms with van der Waals surface area (Å²) in [6.07, 6.45) is 3.33. The molecule has 80 valence electrons. The first-order valence-corrected chi connectivity index (χ1v) is 4.95. The molecule has 0 bridgehead atoms. The van der Waals surface area contributed by atoms with Crippen LogP contribution in [0.15, 0.2) is 12.7 Å². The van der Waals surface area contributed by atoms with Crippen LogP contribution in [0.3, 0.4) is 0 Å². The van der Waals surface area contributed by atoms with E-state index in [1.54, 1.807) is 4.90 Å². The van der Waals surface area contributed by atoms with Crippen molar-refractivity contribution < 1.29 is 14.3 Å². The van der Waals surface area contributed by atoms with Crippen LogP contribution in [0.5, 0.6) is 0 Å². The second kappa shape index (κ2) is 6.43. The molecule has 1 aliphatic rings. The van der Waals surface area contributed by atoms with Crippen molar-refractivity contribution in [1.29, 1.82) is 0 Å². The van der Waals surface area contributed by atoms with Crippen molar-refractivity contribution in [2.75, 3.05) is 32.9 Å². The average Bonchev–Trinajstić information content (AvgIpc) is 2.25. The Balaban J connectivity index is 2.10. The van der Waals surface area contributed by atoms with Crippen molar-refractivity contribution in [3.8, 4) is 0 Å². The van der Waals surface area contributed by atoms with Gasteiger partial charge < -0.3 is 14.4 Å². The van der Waals surface area contributed by atoms with E-state index in [1.807, 2.05) is 6.08 Å². The number of hydrogen-bond donors (Lipinski definition) is 0. The Kier molecular flexibility index (Phi) is 5.07. The SMILES string of the molecule is C=CCCCOC(=O)N1CCOCC1. The molecule has 1 amide bonds. The van der Waals surface area contributed by atoms with Crippen molar-refractivity contribution in [3.05, 3.63) is 12.7 Å². The molecule has 0 spiro atoms. The van der Waals surface area contributed by atoms with Crippen molar-refractivity contribution in [3.63, 3.8) is 0 Å². The lowest BCUT2D eigenvalue weighted by Gasteiger charge is -2.25. The Morgan fingerprint density at radius 2 is 2.21 bits per heavy atom. The number of carbonyl (C=O) groups excluding carboxylic acids is 1. The highest BCUT2D eigenvalue weighted by molar-refractivity contribution is 5.67. The van der Waals surface area contributed by atoms with Crippen LogP contribution in [0.25, 0.3) is 0 Å². The van der Waals surface area contributed by atoms with Crippen LogP contribution in [-0.2, 0) is 9.47 Å². The molecule has 1 fully saturated rings. The first kappa shape index (κ1) is 11.0. The Hall–Kier alpha value is -1.03. The van der Waals surface area contributed by atoms with Gasteiger partial charge in [0.15, 0.2) is 0 Å². The van der Waals surface area contributed by atoms with Gasteiger partial charge in [0.2, 0.25) is 0 Å². The second-order valence-electron chi connectivity index (χ2n) is 3.14. The van der Waals surface area contributed by atoms with E-state index in [1.165, 1.54) is 0 Å². The summed E-state index contributed by atoms with van der Waals surface area (Å²) in [6, 6.07) is 0. The third kappa shape index (κ3) is 3.79. The lowest BCUT2D eigenvalue weighted by Crippen LogP contribution is -2.41. The van der Waals surface area contributed by atoms with E-state index in [0.717, 1.165) is 12.8 Å². The normalized spacial score (nSPS) is 16.4. The van der Waals surface area contributed by atoms with E-state index in [4.69, 9.17) is 9.47 Å². The molecule has 0 aromatic heterocycles. The Morgan fingerprint density at radius 3 is 2.86 bits per heavy atom. The van der Waals surface area contributed by atoms with Gasteiger partial charge in [0.05, 0.1) is 19.8 Å². The number of carbonyl (C=O) groups is 1. The minimum atomic E-state index is -0.225. The zero-order chi connectivity index (χ0) is 10.2. The maximum atomic E-state index is 11.4. The van der Waals surface area contributed by atoms with Gasteiger partial charge in [-0.25, -0.2) is 4.79 Å². The van der Waals surface area contributed by atoms with Gasteiger partial charge in [-0.2, -0.15) is 0 Å². The lowest BCUT2D eigenvalue weighted by molar-refractivity contribution is 0.0270. The molecule has 0 N–H and O–H groups in total. The number of nitrogens with zero attached hydrogens (tertiary/aromatic N) is 1. The molecule has 14 heavy (non-hydrogen) atoms. The first-order valence-electron chi connectivity index (χ1n) is 4.95. The summed E-state index contributed by atoms with van der Waals surface area (Å²) in [7, 11) is 0. The van der Waals surface area contributed by atoms with E-state index >= 15 is 0 Å².